The van der Waals surface area contributed by atoms with E-state index in [0.29, 0.717) is 18.1 Å². The van der Waals surface area contributed by atoms with E-state index in [1.165, 1.54) is 5.56 Å². The third kappa shape index (κ3) is 7.15. The Morgan fingerprint density at radius 1 is 0.651 bits per heavy atom. The predicted molar refractivity (Wildman–Crippen MR) is 168 cm³/mol. The van der Waals surface area contributed by atoms with E-state index in [4.69, 9.17) is 18.9 Å². The Hall–Kier alpha value is -4.00. The molecule has 0 bridgehead atoms. The van der Waals surface area contributed by atoms with Gasteiger partial charge in [0.2, 0.25) is 6.29 Å². The first-order valence-electron chi connectivity index (χ1n) is 14.7. The first-order valence-corrected chi connectivity index (χ1v) is 14.7. The molecule has 1 fully saturated rings. The predicted octanol–water partition coefficient (Wildman–Crippen LogP) is 7.38. The summed E-state index contributed by atoms with van der Waals surface area (Å²) in [6.45, 7) is 13.1. The number of epoxide rings is 1. The zero-order valence-electron chi connectivity index (χ0n) is 25.8. The molecule has 4 aromatic rings. The van der Waals surface area contributed by atoms with E-state index in [-0.39, 0.29) is 29.5 Å². The topological polar surface area (TPSA) is 80.7 Å². The summed E-state index contributed by atoms with van der Waals surface area (Å²) < 4.78 is 23.0. The van der Waals surface area contributed by atoms with Gasteiger partial charge in [0, 0.05) is 10.8 Å². The van der Waals surface area contributed by atoms with Crippen LogP contribution in [0.25, 0.3) is 0 Å². The second-order valence-electron chi connectivity index (χ2n) is 12.8. The lowest BCUT2D eigenvalue weighted by molar-refractivity contribution is -0.0492. The highest BCUT2D eigenvalue weighted by molar-refractivity contribution is 5.43. The second-order valence-corrected chi connectivity index (χ2v) is 12.8. The second kappa shape index (κ2) is 11.9. The van der Waals surface area contributed by atoms with Gasteiger partial charge >= 0.3 is 0 Å². The highest BCUT2D eigenvalue weighted by Gasteiger charge is 2.32. The van der Waals surface area contributed by atoms with Crippen LogP contribution >= 0.6 is 0 Å². The van der Waals surface area contributed by atoms with E-state index in [1.807, 2.05) is 74.5 Å². The molecule has 2 N–H and O–H groups in total. The minimum absolute atomic E-state index is 0.0887. The van der Waals surface area contributed by atoms with Gasteiger partial charge in [0.25, 0.3) is 0 Å². The maximum Gasteiger partial charge on any atom is 0.223 e. The third-order valence-electron chi connectivity index (χ3n) is 8.48. The number of aromatic hydroxyl groups is 1. The third-order valence-corrected chi connectivity index (χ3v) is 8.48. The minimum Gasteiger partial charge on any atom is -0.508 e. The van der Waals surface area contributed by atoms with Crippen LogP contribution in [0.2, 0.25) is 0 Å². The summed E-state index contributed by atoms with van der Waals surface area (Å²) in [7, 11) is 0. The number of hydrogen-bond donors (Lipinski definition) is 2. The van der Waals surface area contributed by atoms with Gasteiger partial charge in [-0.2, -0.15) is 0 Å². The molecule has 0 saturated carbocycles. The number of hydrogen-bond acceptors (Lipinski definition) is 6. The van der Waals surface area contributed by atoms with E-state index < -0.39 is 11.7 Å². The van der Waals surface area contributed by atoms with Crippen molar-refractivity contribution in [2.75, 3.05) is 13.2 Å². The molecule has 43 heavy (non-hydrogen) atoms. The van der Waals surface area contributed by atoms with E-state index in [9.17, 15) is 10.2 Å². The monoisotopic (exact) mass is 582 g/mol. The fraction of sp³-hybridized carbons (Fsp3) is 0.351. The van der Waals surface area contributed by atoms with Gasteiger partial charge in [0.05, 0.1) is 0 Å². The maximum atomic E-state index is 11.0. The standard InChI is InChI=1S/C37H42O6/c1-35(2,25-7-15-29(38)16-8-25)26-9-17-30(18-10-26)40-23-33(39)37(5,6)43-32-21-13-28(14-22-32)36(3,4)27-11-19-31(20-12-27)42-34-24-41-34/h7-22,33-34,38-39H,23-24H2,1-6H3. The van der Waals surface area contributed by atoms with Crippen molar-refractivity contribution >= 4 is 0 Å². The first-order chi connectivity index (χ1) is 20.3. The molecule has 2 unspecified atom stereocenters. The van der Waals surface area contributed by atoms with Crippen molar-refractivity contribution in [1.82, 2.24) is 0 Å². The Labute approximate surface area is 254 Å². The largest absolute Gasteiger partial charge is 0.508 e. The van der Waals surface area contributed by atoms with E-state index in [0.717, 1.165) is 22.4 Å². The molecule has 6 nitrogen and oxygen atoms in total. The van der Waals surface area contributed by atoms with Crippen molar-refractivity contribution in [1.29, 1.82) is 0 Å². The molecule has 6 heteroatoms. The molecule has 1 heterocycles. The molecule has 5 rings (SSSR count). The molecular formula is C37H42O6. The molecule has 0 amide bonds. The van der Waals surface area contributed by atoms with Crippen molar-refractivity contribution < 1.29 is 29.2 Å². The van der Waals surface area contributed by atoms with E-state index in [1.54, 1.807) is 12.1 Å². The summed E-state index contributed by atoms with van der Waals surface area (Å²) >= 11 is 0. The van der Waals surface area contributed by atoms with Crippen molar-refractivity contribution in [2.45, 2.75) is 70.4 Å². The first kappa shape index (κ1) is 30.5. The summed E-state index contributed by atoms with van der Waals surface area (Å²) in [5, 5.41) is 20.6. The highest BCUT2D eigenvalue weighted by Crippen LogP contribution is 2.35. The molecular weight excluding hydrogens is 540 g/mol. The number of ether oxygens (including phenoxy) is 4. The van der Waals surface area contributed by atoms with Crippen LogP contribution in [0.5, 0.6) is 23.0 Å². The zero-order chi connectivity index (χ0) is 30.8. The highest BCUT2D eigenvalue weighted by atomic mass is 16.8. The number of aliphatic hydroxyl groups excluding tert-OH is 1. The quantitative estimate of drug-likeness (QED) is 0.170. The summed E-state index contributed by atoms with van der Waals surface area (Å²) in [5.41, 5.74) is 3.22. The van der Waals surface area contributed by atoms with Gasteiger partial charge in [0.15, 0.2) is 0 Å². The molecule has 226 valence electrons. The Morgan fingerprint density at radius 2 is 1.05 bits per heavy atom. The summed E-state index contributed by atoms with van der Waals surface area (Å²) in [6, 6.07) is 31.4. The number of phenols is 1. The fourth-order valence-corrected chi connectivity index (χ4v) is 5.08. The molecule has 0 radical (unpaired) electrons. The molecule has 1 aliphatic rings. The lowest BCUT2D eigenvalue weighted by Crippen LogP contribution is -2.45. The summed E-state index contributed by atoms with van der Waals surface area (Å²) in [4.78, 5) is 0. The van der Waals surface area contributed by atoms with Crippen LogP contribution in [0, 0.1) is 0 Å². The SMILES string of the molecule is CC(C)(c1ccc(O)cc1)c1ccc(OCC(O)C(C)(C)Oc2ccc(C(C)(C)c3ccc(OC4CO4)cc3)cc2)cc1. The van der Waals surface area contributed by atoms with Crippen LogP contribution in [-0.2, 0) is 15.6 Å². The molecule has 1 aliphatic heterocycles. The summed E-state index contributed by atoms with van der Waals surface area (Å²) in [5.74, 6) is 2.41. The molecule has 0 aromatic heterocycles. The van der Waals surface area contributed by atoms with Crippen LogP contribution in [-0.4, -0.2) is 41.4 Å². The van der Waals surface area contributed by atoms with Crippen LogP contribution in [0.3, 0.4) is 0 Å². The maximum absolute atomic E-state index is 11.0. The number of aliphatic hydroxyl groups is 1. The van der Waals surface area contributed by atoms with Crippen molar-refractivity contribution in [3.8, 4) is 23.0 Å². The number of phenolic OH excluding ortho intramolecular Hbond substituents is 1. The van der Waals surface area contributed by atoms with Gasteiger partial charge in [-0.15, -0.1) is 0 Å². The van der Waals surface area contributed by atoms with Gasteiger partial charge in [-0.05, 0) is 84.6 Å². The average molecular weight is 583 g/mol. The van der Waals surface area contributed by atoms with Crippen molar-refractivity contribution in [3.05, 3.63) is 119 Å². The number of benzene rings is 4. The molecule has 2 atom stereocenters. The Kier molecular flexibility index (Phi) is 8.46. The minimum atomic E-state index is -0.876. The van der Waals surface area contributed by atoms with Gasteiger partial charge < -0.3 is 29.2 Å². The Morgan fingerprint density at radius 3 is 1.49 bits per heavy atom. The van der Waals surface area contributed by atoms with E-state index >= 15 is 0 Å². The molecule has 0 aliphatic carbocycles. The van der Waals surface area contributed by atoms with Crippen LogP contribution < -0.4 is 14.2 Å². The Bertz CT molecular complexity index is 1480. The van der Waals surface area contributed by atoms with E-state index in [2.05, 4.69) is 52.0 Å². The molecule has 0 spiro atoms. The van der Waals surface area contributed by atoms with Gasteiger partial charge in [-0.3, -0.25) is 0 Å². The molecule has 1 saturated heterocycles. The number of rotatable bonds is 12. The van der Waals surface area contributed by atoms with Crippen molar-refractivity contribution in [3.63, 3.8) is 0 Å². The molecule has 4 aromatic carbocycles. The van der Waals surface area contributed by atoms with Crippen molar-refractivity contribution in [2.24, 2.45) is 0 Å². The lowest BCUT2D eigenvalue weighted by atomic mass is 9.78. The van der Waals surface area contributed by atoms with Crippen LogP contribution in [0.15, 0.2) is 97.1 Å². The zero-order valence-corrected chi connectivity index (χ0v) is 25.8. The lowest BCUT2D eigenvalue weighted by Gasteiger charge is -2.32. The van der Waals surface area contributed by atoms with Gasteiger partial charge in [-0.1, -0.05) is 76.2 Å². The average Bonchev–Trinajstić information content (AvgIpc) is 3.81. The van der Waals surface area contributed by atoms with Gasteiger partial charge in [-0.25, -0.2) is 0 Å². The fourth-order valence-electron chi connectivity index (χ4n) is 5.08. The Balaban J connectivity index is 1.16. The normalized spacial score (nSPS) is 15.9. The smallest absolute Gasteiger partial charge is 0.223 e. The van der Waals surface area contributed by atoms with Crippen LogP contribution in [0.4, 0.5) is 0 Å². The summed E-state index contributed by atoms with van der Waals surface area (Å²) in [6.07, 6.45) is -0.971. The van der Waals surface area contributed by atoms with Gasteiger partial charge in [0.1, 0.15) is 47.9 Å². The van der Waals surface area contributed by atoms with Crippen LogP contribution in [0.1, 0.15) is 63.8 Å².